The summed E-state index contributed by atoms with van der Waals surface area (Å²) >= 11 is 1.64. The molecule has 0 spiro atoms. The van der Waals surface area contributed by atoms with E-state index in [0.29, 0.717) is 18.3 Å². The molecule has 1 aliphatic heterocycles. The second-order valence-corrected chi connectivity index (χ2v) is 5.48. The van der Waals surface area contributed by atoms with Gasteiger partial charge in [-0.3, -0.25) is 5.10 Å². The molecule has 3 aromatic heterocycles. The Kier molecular flexibility index (Phi) is 2.86. The highest BCUT2D eigenvalue weighted by Crippen LogP contribution is 2.27. The van der Waals surface area contributed by atoms with Crippen molar-refractivity contribution >= 4 is 11.3 Å². The van der Waals surface area contributed by atoms with Gasteiger partial charge in [-0.2, -0.15) is 21.4 Å². The zero-order valence-corrected chi connectivity index (χ0v) is 11.4. The summed E-state index contributed by atoms with van der Waals surface area (Å²) in [5, 5.41) is 15.3. The fourth-order valence-corrected chi connectivity index (χ4v) is 2.89. The first kappa shape index (κ1) is 11.8. The highest BCUT2D eigenvalue weighted by Gasteiger charge is 2.24. The van der Waals surface area contributed by atoms with Gasteiger partial charge in [0.2, 0.25) is 0 Å². The lowest BCUT2D eigenvalue weighted by Crippen LogP contribution is -1.99. The largest absolute Gasteiger partial charge is 0.381 e. The molecule has 6 nitrogen and oxygen atoms in total. The van der Waals surface area contributed by atoms with Gasteiger partial charge in [0.05, 0.1) is 12.3 Å². The molecule has 0 radical (unpaired) electrons. The van der Waals surface area contributed by atoms with Crippen molar-refractivity contribution in [1.29, 1.82) is 0 Å². The Hall–Kier alpha value is -1.99. The predicted molar refractivity (Wildman–Crippen MR) is 73.4 cm³/mol. The van der Waals surface area contributed by atoms with Crippen LogP contribution >= 0.6 is 11.3 Å². The van der Waals surface area contributed by atoms with Crippen LogP contribution in [0.1, 0.15) is 18.2 Å². The highest BCUT2D eigenvalue weighted by molar-refractivity contribution is 7.08. The van der Waals surface area contributed by atoms with E-state index < -0.39 is 0 Å². The van der Waals surface area contributed by atoms with Gasteiger partial charge in [0.1, 0.15) is 5.69 Å². The van der Waals surface area contributed by atoms with Gasteiger partial charge >= 0.3 is 0 Å². The van der Waals surface area contributed by atoms with Crippen molar-refractivity contribution in [3.63, 3.8) is 0 Å². The van der Waals surface area contributed by atoms with Crippen LogP contribution in [0.5, 0.6) is 0 Å². The third-order valence-corrected chi connectivity index (χ3v) is 4.05. The lowest BCUT2D eigenvalue weighted by molar-refractivity contribution is 0.192. The zero-order valence-electron chi connectivity index (χ0n) is 10.6. The van der Waals surface area contributed by atoms with E-state index in [1.807, 2.05) is 17.5 Å². The number of aromatic nitrogens is 4. The molecule has 4 rings (SSSR count). The van der Waals surface area contributed by atoms with Crippen LogP contribution in [0, 0.1) is 0 Å². The summed E-state index contributed by atoms with van der Waals surface area (Å²) in [6, 6.07) is 3.95. The quantitative estimate of drug-likeness (QED) is 0.801. The molecule has 3 aromatic rings. The molecule has 7 heteroatoms. The van der Waals surface area contributed by atoms with E-state index in [0.717, 1.165) is 30.0 Å². The second-order valence-electron chi connectivity index (χ2n) is 4.70. The van der Waals surface area contributed by atoms with Gasteiger partial charge in [0.25, 0.3) is 5.89 Å². The standard InChI is InChI=1S/C13H12N4O2S/c1-3-18-6-8(1)12-14-13(19-17-12)11-5-10(15-16-11)9-2-4-20-7-9/h2,4-5,7-8H,1,3,6H2,(H,15,16)/t8-/m1/s1. The Morgan fingerprint density at radius 1 is 1.40 bits per heavy atom. The van der Waals surface area contributed by atoms with E-state index in [9.17, 15) is 0 Å². The number of nitrogens with zero attached hydrogens (tertiary/aromatic N) is 3. The number of ether oxygens (including phenoxy) is 1. The highest BCUT2D eigenvalue weighted by atomic mass is 32.1. The number of H-pyrrole nitrogens is 1. The molecule has 1 aliphatic rings. The summed E-state index contributed by atoms with van der Waals surface area (Å²) in [6.45, 7) is 1.43. The van der Waals surface area contributed by atoms with Crippen LogP contribution in [0.15, 0.2) is 27.4 Å². The van der Waals surface area contributed by atoms with Gasteiger partial charge in [0.15, 0.2) is 5.82 Å². The molecule has 0 aliphatic carbocycles. The van der Waals surface area contributed by atoms with Crippen LogP contribution in [0.3, 0.4) is 0 Å². The fourth-order valence-electron chi connectivity index (χ4n) is 2.24. The summed E-state index contributed by atoms with van der Waals surface area (Å²) in [5.41, 5.74) is 2.70. The smallest absolute Gasteiger partial charge is 0.275 e. The molecule has 1 fully saturated rings. The van der Waals surface area contributed by atoms with Crippen LogP contribution in [0.4, 0.5) is 0 Å². The van der Waals surface area contributed by atoms with E-state index in [-0.39, 0.29) is 5.92 Å². The molecule has 0 saturated carbocycles. The van der Waals surface area contributed by atoms with Crippen molar-refractivity contribution in [2.24, 2.45) is 0 Å². The maximum Gasteiger partial charge on any atom is 0.275 e. The van der Waals surface area contributed by atoms with E-state index in [2.05, 4.69) is 25.7 Å². The van der Waals surface area contributed by atoms with Gasteiger partial charge in [-0.25, -0.2) is 0 Å². The summed E-state index contributed by atoms with van der Waals surface area (Å²) in [7, 11) is 0. The zero-order chi connectivity index (χ0) is 13.4. The maximum atomic E-state index is 5.34. The van der Waals surface area contributed by atoms with Gasteiger partial charge < -0.3 is 9.26 Å². The second kappa shape index (κ2) is 4.84. The molecule has 1 atom stereocenters. The fraction of sp³-hybridized carbons (Fsp3) is 0.308. The van der Waals surface area contributed by atoms with Crippen molar-refractivity contribution in [3.8, 4) is 22.8 Å². The molecular weight excluding hydrogens is 276 g/mol. The minimum absolute atomic E-state index is 0.242. The molecule has 20 heavy (non-hydrogen) atoms. The Bertz CT molecular complexity index is 698. The minimum atomic E-state index is 0.242. The third kappa shape index (κ3) is 2.04. The molecule has 0 unspecified atom stereocenters. The Morgan fingerprint density at radius 3 is 3.20 bits per heavy atom. The van der Waals surface area contributed by atoms with E-state index >= 15 is 0 Å². The molecular formula is C13H12N4O2S. The summed E-state index contributed by atoms with van der Waals surface area (Å²) in [5.74, 6) is 1.43. The predicted octanol–water partition coefficient (Wildman–Crippen LogP) is 2.69. The normalized spacial score (nSPS) is 18.7. The molecule has 1 N–H and O–H groups in total. The maximum absolute atomic E-state index is 5.34. The van der Waals surface area contributed by atoms with Crippen LogP contribution in [0.25, 0.3) is 22.8 Å². The summed E-state index contributed by atoms with van der Waals surface area (Å²) in [4.78, 5) is 4.43. The monoisotopic (exact) mass is 288 g/mol. The third-order valence-electron chi connectivity index (χ3n) is 3.36. The molecule has 0 aromatic carbocycles. The Morgan fingerprint density at radius 2 is 2.40 bits per heavy atom. The number of hydrogen-bond acceptors (Lipinski definition) is 6. The lowest BCUT2D eigenvalue weighted by Gasteiger charge is -1.97. The molecule has 102 valence electrons. The summed E-state index contributed by atoms with van der Waals surface area (Å²) < 4.78 is 10.6. The number of aromatic amines is 1. The average Bonchev–Trinajstić information content (AvgIpc) is 3.22. The van der Waals surface area contributed by atoms with Crippen LogP contribution in [-0.2, 0) is 4.74 Å². The van der Waals surface area contributed by atoms with E-state index in [1.54, 1.807) is 11.3 Å². The van der Waals surface area contributed by atoms with Crippen molar-refractivity contribution in [2.45, 2.75) is 12.3 Å². The Balaban J connectivity index is 1.61. The average molecular weight is 288 g/mol. The molecule has 0 amide bonds. The summed E-state index contributed by atoms with van der Waals surface area (Å²) in [6.07, 6.45) is 0.947. The lowest BCUT2D eigenvalue weighted by atomic mass is 10.1. The first-order valence-electron chi connectivity index (χ1n) is 6.40. The van der Waals surface area contributed by atoms with Gasteiger partial charge in [-0.1, -0.05) is 5.16 Å². The molecule has 0 bridgehead atoms. The van der Waals surface area contributed by atoms with Gasteiger partial charge in [-0.15, -0.1) is 0 Å². The number of thiophene rings is 1. The van der Waals surface area contributed by atoms with Gasteiger partial charge in [0, 0.05) is 23.5 Å². The minimum Gasteiger partial charge on any atom is -0.381 e. The topological polar surface area (TPSA) is 76.8 Å². The van der Waals surface area contributed by atoms with Crippen molar-refractivity contribution < 1.29 is 9.26 Å². The van der Waals surface area contributed by atoms with Crippen LogP contribution < -0.4 is 0 Å². The Labute approximate surface area is 118 Å². The SMILES string of the molecule is c1cc(-c2cc(-c3nc([C@@H]4CCOC4)no3)[nH]n2)cs1. The van der Waals surface area contributed by atoms with E-state index in [4.69, 9.17) is 9.26 Å². The van der Waals surface area contributed by atoms with Crippen LogP contribution in [-0.4, -0.2) is 33.6 Å². The first-order chi connectivity index (χ1) is 9.90. The van der Waals surface area contributed by atoms with Crippen molar-refractivity contribution in [1.82, 2.24) is 20.3 Å². The van der Waals surface area contributed by atoms with Crippen molar-refractivity contribution in [2.75, 3.05) is 13.2 Å². The number of rotatable bonds is 3. The number of nitrogens with one attached hydrogen (secondary N) is 1. The van der Waals surface area contributed by atoms with E-state index in [1.165, 1.54) is 0 Å². The number of hydrogen-bond donors (Lipinski definition) is 1. The molecule has 4 heterocycles. The van der Waals surface area contributed by atoms with Gasteiger partial charge in [-0.05, 0) is 23.9 Å². The van der Waals surface area contributed by atoms with Crippen molar-refractivity contribution in [3.05, 3.63) is 28.7 Å². The first-order valence-corrected chi connectivity index (χ1v) is 7.34. The molecule has 1 saturated heterocycles. The van der Waals surface area contributed by atoms with Crippen LogP contribution in [0.2, 0.25) is 0 Å².